The fourth-order valence-corrected chi connectivity index (χ4v) is 2.90. The molecule has 1 aliphatic rings. The monoisotopic (exact) mass is 271 g/mol. The van der Waals surface area contributed by atoms with Crippen molar-refractivity contribution in [3.8, 4) is 0 Å². The average molecular weight is 271 g/mol. The molecule has 1 aliphatic heterocycles. The summed E-state index contributed by atoms with van der Waals surface area (Å²) in [6.07, 6.45) is 0.756. The normalized spacial score (nSPS) is 19.4. The van der Waals surface area contributed by atoms with E-state index in [2.05, 4.69) is 12.1 Å². The number of halogens is 1. The van der Waals surface area contributed by atoms with Crippen LogP contribution in [-0.4, -0.2) is 6.61 Å². The van der Waals surface area contributed by atoms with Gasteiger partial charge in [-0.1, -0.05) is 30.3 Å². The van der Waals surface area contributed by atoms with Crippen molar-refractivity contribution in [2.75, 3.05) is 6.61 Å². The third-order valence-electron chi connectivity index (χ3n) is 3.95. The van der Waals surface area contributed by atoms with Crippen LogP contribution in [0.4, 0.5) is 4.39 Å². The lowest BCUT2D eigenvalue weighted by molar-refractivity contribution is 0.0240. The Morgan fingerprint density at radius 1 is 1.25 bits per heavy atom. The molecule has 0 spiro atoms. The molecular weight excluding hydrogens is 253 g/mol. The highest BCUT2D eigenvalue weighted by Gasteiger charge is 2.28. The highest BCUT2D eigenvalue weighted by Crippen LogP contribution is 2.36. The first-order valence-electron chi connectivity index (χ1n) is 6.88. The van der Waals surface area contributed by atoms with Crippen LogP contribution in [0.5, 0.6) is 0 Å². The zero-order valence-electron chi connectivity index (χ0n) is 11.5. The molecule has 2 atom stereocenters. The molecule has 0 aromatic heterocycles. The first kappa shape index (κ1) is 13.3. The number of rotatable bonds is 2. The summed E-state index contributed by atoms with van der Waals surface area (Å²) in [5.41, 5.74) is 10.6. The second-order valence-corrected chi connectivity index (χ2v) is 5.27. The summed E-state index contributed by atoms with van der Waals surface area (Å²) >= 11 is 0. The van der Waals surface area contributed by atoms with Crippen molar-refractivity contribution in [1.82, 2.24) is 0 Å². The van der Waals surface area contributed by atoms with E-state index < -0.39 is 0 Å². The molecule has 2 N–H and O–H groups in total. The van der Waals surface area contributed by atoms with Crippen LogP contribution in [0, 0.1) is 12.7 Å². The summed E-state index contributed by atoms with van der Waals surface area (Å²) in [6, 6.07) is 12.7. The third kappa shape index (κ3) is 2.35. The average Bonchev–Trinajstić information content (AvgIpc) is 2.46. The molecule has 0 aliphatic carbocycles. The molecule has 0 saturated heterocycles. The van der Waals surface area contributed by atoms with Crippen molar-refractivity contribution >= 4 is 0 Å². The standard InChI is InChI=1S/C17H18FNO/c1-11-10-13(18)6-7-14(11)16(19)17-15-5-3-2-4-12(15)8-9-20-17/h2-7,10,16-17H,8-9,19H2,1H3. The molecule has 0 saturated carbocycles. The van der Waals surface area contributed by atoms with Crippen molar-refractivity contribution in [1.29, 1.82) is 0 Å². The quantitative estimate of drug-likeness (QED) is 0.908. The van der Waals surface area contributed by atoms with Crippen molar-refractivity contribution in [3.63, 3.8) is 0 Å². The molecular formula is C17H18FNO. The zero-order valence-corrected chi connectivity index (χ0v) is 11.5. The largest absolute Gasteiger partial charge is 0.371 e. The van der Waals surface area contributed by atoms with Crippen LogP contribution in [0.25, 0.3) is 0 Å². The minimum absolute atomic E-state index is 0.163. The maximum absolute atomic E-state index is 13.2. The summed E-state index contributed by atoms with van der Waals surface area (Å²) in [4.78, 5) is 0. The molecule has 0 bridgehead atoms. The molecule has 1 heterocycles. The number of hydrogen-bond acceptors (Lipinski definition) is 2. The van der Waals surface area contributed by atoms with E-state index >= 15 is 0 Å². The first-order valence-corrected chi connectivity index (χ1v) is 6.88. The Morgan fingerprint density at radius 2 is 2.05 bits per heavy atom. The van der Waals surface area contributed by atoms with Gasteiger partial charge in [-0.05, 0) is 47.7 Å². The van der Waals surface area contributed by atoms with Crippen LogP contribution < -0.4 is 5.73 Å². The molecule has 2 aromatic carbocycles. The highest BCUT2D eigenvalue weighted by molar-refractivity contribution is 5.36. The number of benzene rings is 2. The molecule has 2 unspecified atom stereocenters. The van der Waals surface area contributed by atoms with Crippen LogP contribution in [0.15, 0.2) is 42.5 Å². The van der Waals surface area contributed by atoms with E-state index in [-0.39, 0.29) is 18.0 Å². The molecule has 0 fully saturated rings. The Kier molecular flexibility index (Phi) is 3.55. The molecule has 3 heteroatoms. The summed E-state index contributed by atoms with van der Waals surface area (Å²) < 4.78 is 19.1. The predicted octanol–water partition coefficient (Wildman–Crippen LogP) is 3.45. The van der Waals surface area contributed by atoms with Gasteiger partial charge >= 0.3 is 0 Å². The fraction of sp³-hybridized carbons (Fsp3) is 0.294. The van der Waals surface area contributed by atoms with Crippen molar-refractivity contribution in [2.45, 2.75) is 25.5 Å². The van der Waals surface area contributed by atoms with Gasteiger partial charge in [0.2, 0.25) is 0 Å². The first-order chi connectivity index (χ1) is 9.66. The van der Waals surface area contributed by atoms with E-state index in [4.69, 9.17) is 10.5 Å². The maximum Gasteiger partial charge on any atom is 0.123 e. The molecule has 0 amide bonds. The van der Waals surface area contributed by atoms with Crippen LogP contribution >= 0.6 is 0 Å². The van der Waals surface area contributed by atoms with Gasteiger partial charge < -0.3 is 10.5 Å². The van der Waals surface area contributed by atoms with Crippen LogP contribution in [0.3, 0.4) is 0 Å². The number of fused-ring (bicyclic) bond motifs is 1. The molecule has 2 aromatic rings. The fourth-order valence-electron chi connectivity index (χ4n) is 2.90. The maximum atomic E-state index is 13.2. The zero-order chi connectivity index (χ0) is 14.1. The summed E-state index contributed by atoms with van der Waals surface area (Å²) in [5, 5.41) is 0. The van der Waals surface area contributed by atoms with Gasteiger partial charge in [0.15, 0.2) is 0 Å². The Morgan fingerprint density at radius 3 is 2.85 bits per heavy atom. The summed E-state index contributed by atoms with van der Waals surface area (Å²) in [7, 11) is 0. The predicted molar refractivity (Wildman–Crippen MR) is 76.9 cm³/mol. The smallest absolute Gasteiger partial charge is 0.123 e. The van der Waals surface area contributed by atoms with Gasteiger partial charge in [0.1, 0.15) is 11.9 Å². The lowest BCUT2D eigenvalue weighted by Gasteiger charge is -2.31. The highest BCUT2D eigenvalue weighted by atomic mass is 19.1. The number of hydrogen-bond donors (Lipinski definition) is 1. The second-order valence-electron chi connectivity index (χ2n) is 5.27. The van der Waals surface area contributed by atoms with E-state index in [9.17, 15) is 4.39 Å². The number of aryl methyl sites for hydroxylation is 1. The van der Waals surface area contributed by atoms with Crippen molar-refractivity contribution < 1.29 is 9.13 Å². The van der Waals surface area contributed by atoms with E-state index in [1.807, 2.05) is 19.1 Å². The van der Waals surface area contributed by atoms with Gasteiger partial charge in [-0.15, -0.1) is 0 Å². The summed E-state index contributed by atoms with van der Waals surface area (Å²) in [6.45, 7) is 2.56. The third-order valence-corrected chi connectivity index (χ3v) is 3.95. The Balaban J connectivity index is 1.97. The van der Waals surface area contributed by atoms with Crippen LogP contribution in [-0.2, 0) is 11.2 Å². The van der Waals surface area contributed by atoms with Gasteiger partial charge in [0.05, 0.1) is 12.6 Å². The second kappa shape index (κ2) is 5.35. The Bertz CT molecular complexity index is 626. The van der Waals surface area contributed by atoms with Crippen molar-refractivity contribution in [2.24, 2.45) is 5.73 Å². The van der Waals surface area contributed by atoms with Gasteiger partial charge in [0, 0.05) is 0 Å². The molecule has 0 radical (unpaired) electrons. The molecule has 104 valence electrons. The molecule has 20 heavy (non-hydrogen) atoms. The van der Waals surface area contributed by atoms with Crippen molar-refractivity contribution in [3.05, 3.63) is 70.5 Å². The summed E-state index contributed by atoms with van der Waals surface area (Å²) in [5.74, 6) is -0.233. The van der Waals surface area contributed by atoms with Crippen LogP contribution in [0.1, 0.15) is 34.4 Å². The number of ether oxygens (including phenoxy) is 1. The van der Waals surface area contributed by atoms with Gasteiger partial charge in [-0.25, -0.2) is 4.39 Å². The van der Waals surface area contributed by atoms with E-state index in [0.717, 1.165) is 23.1 Å². The lowest BCUT2D eigenvalue weighted by Crippen LogP contribution is -2.27. The minimum atomic E-state index is -0.281. The SMILES string of the molecule is Cc1cc(F)ccc1C(N)C1OCCc2ccccc21. The van der Waals surface area contributed by atoms with E-state index in [1.165, 1.54) is 17.7 Å². The van der Waals surface area contributed by atoms with E-state index in [1.54, 1.807) is 6.07 Å². The minimum Gasteiger partial charge on any atom is -0.371 e. The number of nitrogens with two attached hydrogens (primary N) is 1. The van der Waals surface area contributed by atoms with E-state index in [0.29, 0.717) is 6.61 Å². The molecule has 2 nitrogen and oxygen atoms in total. The van der Waals surface area contributed by atoms with Crippen LogP contribution in [0.2, 0.25) is 0 Å². The topological polar surface area (TPSA) is 35.2 Å². The van der Waals surface area contributed by atoms with Gasteiger partial charge in [-0.2, -0.15) is 0 Å². The Labute approximate surface area is 118 Å². The Hall–Kier alpha value is -1.71. The lowest BCUT2D eigenvalue weighted by atomic mass is 9.89. The van der Waals surface area contributed by atoms with Gasteiger partial charge in [0.25, 0.3) is 0 Å². The van der Waals surface area contributed by atoms with Gasteiger partial charge in [-0.3, -0.25) is 0 Å². The molecule has 3 rings (SSSR count).